The Hall–Kier alpha value is -3.60. The highest BCUT2D eigenvalue weighted by Crippen LogP contribution is 2.19. The van der Waals surface area contributed by atoms with Gasteiger partial charge in [-0.25, -0.2) is 4.79 Å². The molecule has 0 aliphatic heterocycles. The number of benzene rings is 3. The lowest BCUT2D eigenvalue weighted by atomic mass is 9.99. The van der Waals surface area contributed by atoms with Gasteiger partial charge in [0.25, 0.3) is 5.91 Å². The topological polar surface area (TPSA) is 75.6 Å². The molecule has 5 nitrogen and oxygen atoms in total. The number of carbonyl (C=O) groups excluding carboxylic acids is 2. The van der Waals surface area contributed by atoms with Crippen LogP contribution in [0.1, 0.15) is 27.5 Å². The number of rotatable bonds is 7. The minimum absolute atomic E-state index is 0.0270. The quantitative estimate of drug-likeness (QED) is 0.618. The predicted molar refractivity (Wildman–Crippen MR) is 106 cm³/mol. The maximum Gasteiger partial charge on any atom is 0.342 e. The van der Waals surface area contributed by atoms with E-state index in [0.29, 0.717) is 6.42 Å². The van der Waals surface area contributed by atoms with E-state index in [0.717, 1.165) is 11.1 Å². The smallest absolute Gasteiger partial charge is 0.342 e. The highest BCUT2D eigenvalue weighted by Gasteiger charge is 2.18. The summed E-state index contributed by atoms with van der Waals surface area (Å²) in [7, 11) is 0. The third kappa shape index (κ3) is 5.20. The van der Waals surface area contributed by atoms with E-state index in [-0.39, 0.29) is 17.4 Å². The monoisotopic (exact) mass is 375 g/mol. The Kier molecular flexibility index (Phi) is 6.41. The van der Waals surface area contributed by atoms with Gasteiger partial charge in [0.15, 0.2) is 6.61 Å². The first-order chi connectivity index (χ1) is 13.6. The van der Waals surface area contributed by atoms with E-state index in [1.165, 1.54) is 12.1 Å². The normalized spacial score (nSPS) is 11.4. The molecule has 0 unspecified atom stereocenters. The molecule has 0 radical (unpaired) electrons. The molecule has 5 heteroatoms. The summed E-state index contributed by atoms with van der Waals surface area (Å²) in [6, 6.07) is 25.3. The Bertz CT molecular complexity index is 926. The SMILES string of the molecule is O=C(COC(=O)c1ccccc1O)N[C@H](Cc1ccccc1)c1ccccc1. The van der Waals surface area contributed by atoms with Crippen molar-refractivity contribution < 1.29 is 19.4 Å². The zero-order valence-corrected chi connectivity index (χ0v) is 15.2. The van der Waals surface area contributed by atoms with Gasteiger partial charge in [-0.05, 0) is 29.7 Å². The lowest BCUT2D eigenvalue weighted by Gasteiger charge is -2.19. The average Bonchev–Trinajstić information content (AvgIpc) is 2.73. The van der Waals surface area contributed by atoms with Crippen molar-refractivity contribution in [3.05, 3.63) is 102 Å². The Morgan fingerprint density at radius 3 is 2.14 bits per heavy atom. The number of ether oxygens (including phenoxy) is 1. The first-order valence-corrected chi connectivity index (χ1v) is 8.97. The van der Waals surface area contributed by atoms with Crippen LogP contribution in [0.5, 0.6) is 5.75 Å². The molecule has 0 heterocycles. The molecular formula is C23H21NO4. The van der Waals surface area contributed by atoms with Crippen molar-refractivity contribution in [2.45, 2.75) is 12.5 Å². The summed E-state index contributed by atoms with van der Waals surface area (Å²) >= 11 is 0. The highest BCUT2D eigenvalue weighted by atomic mass is 16.5. The first-order valence-electron chi connectivity index (χ1n) is 8.97. The van der Waals surface area contributed by atoms with Gasteiger partial charge in [-0.1, -0.05) is 72.8 Å². The largest absolute Gasteiger partial charge is 0.507 e. The molecule has 1 amide bonds. The second-order valence-corrected chi connectivity index (χ2v) is 6.31. The van der Waals surface area contributed by atoms with Crippen molar-refractivity contribution in [2.75, 3.05) is 6.61 Å². The minimum Gasteiger partial charge on any atom is -0.507 e. The summed E-state index contributed by atoms with van der Waals surface area (Å²) < 4.78 is 5.05. The molecule has 0 bridgehead atoms. The van der Waals surface area contributed by atoms with Gasteiger partial charge in [0.1, 0.15) is 11.3 Å². The summed E-state index contributed by atoms with van der Waals surface area (Å²) in [6.07, 6.45) is 0.615. The number of esters is 1. The Morgan fingerprint density at radius 2 is 1.46 bits per heavy atom. The van der Waals surface area contributed by atoms with Crippen LogP contribution in [0.15, 0.2) is 84.9 Å². The summed E-state index contributed by atoms with van der Waals surface area (Å²) in [5.41, 5.74) is 2.08. The number of phenolic OH excluding ortho intramolecular Hbond substituents is 1. The number of nitrogens with one attached hydrogen (secondary N) is 1. The Balaban J connectivity index is 1.64. The van der Waals surface area contributed by atoms with Crippen molar-refractivity contribution in [1.82, 2.24) is 5.32 Å². The summed E-state index contributed by atoms with van der Waals surface area (Å²) in [4.78, 5) is 24.4. The lowest BCUT2D eigenvalue weighted by molar-refractivity contribution is -0.125. The number of hydrogen-bond acceptors (Lipinski definition) is 4. The zero-order valence-electron chi connectivity index (χ0n) is 15.2. The van der Waals surface area contributed by atoms with Crippen LogP contribution < -0.4 is 5.32 Å². The second kappa shape index (κ2) is 9.37. The molecule has 0 fully saturated rings. The molecule has 0 spiro atoms. The minimum atomic E-state index is -0.743. The van der Waals surface area contributed by atoms with Gasteiger partial charge >= 0.3 is 5.97 Å². The summed E-state index contributed by atoms with van der Waals surface area (Å²) in [6.45, 7) is -0.425. The van der Waals surface area contributed by atoms with Crippen LogP contribution in [0.2, 0.25) is 0 Å². The molecule has 142 valence electrons. The Labute approximate surface area is 163 Å². The van der Waals surface area contributed by atoms with E-state index in [2.05, 4.69) is 5.32 Å². The van der Waals surface area contributed by atoms with Gasteiger partial charge in [0.05, 0.1) is 6.04 Å². The van der Waals surface area contributed by atoms with E-state index >= 15 is 0 Å². The molecule has 28 heavy (non-hydrogen) atoms. The van der Waals surface area contributed by atoms with Gasteiger partial charge in [0, 0.05) is 0 Å². The molecule has 0 aliphatic rings. The maximum atomic E-state index is 12.4. The van der Waals surface area contributed by atoms with Crippen LogP contribution in [0.25, 0.3) is 0 Å². The summed E-state index contributed by atoms with van der Waals surface area (Å²) in [5.74, 6) is -1.33. The average molecular weight is 375 g/mol. The first kappa shape index (κ1) is 19.2. The second-order valence-electron chi connectivity index (χ2n) is 6.31. The van der Waals surface area contributed by atoms with E-state index in [4.69, 9.17) is 4.74 Å². The molecule has 0 saturated carbocycles. The number of amides is 1. The van der Waals surface area contributed by atoms with Gasteiger partial charge in [0.2, 0.25) is 0 Å². The third-order valence-electron chi connectivity index (χ3n) is 4.28. The highest BCUT2D eigenvalue weighted by molar-refractivity contribution is 5.93. The molecule has 1 atom stereocenters. The molecule has 0 aromatic heterocycles. The van der Waals surface area contributed by atoms with Crippen LogP contribution in [0.3, 0.4) is 0 Å². The standard InChI is InChI=1S/C23H21NO4/c25-21-14-8-7-13-19(21)23(27)28-16-22(26)24-20(18-11-5-2-6-12-18)15-17-9-3-1-4-10-17/h1-14,20,25H,15-16H2,(H,24,26)/t20-/m1/s1. The fourth-order valence-electron chi connectivity index (χ4n) is 2.88. The fraction of sp³-hybridized carbons (Fsp3) is 0.130. The van der Waals surface area contributed by atoms with Crippen LogP contribution in [-0.2, 0) is 16.0 Å². The van der Waals surface area contributed by atoms with Crippen molar-refractivity contribution in [2.24, 2.45) is 0 Å². The number of carbonyl (C=O) groups is 2. The molecule has 0 saturated heterocycles. The lowest BCUT2D eigenvalue weighted by Crippen LogP contribution is -2.33. The van der Waals surface area contributed by atoms with Crippen LogP contribution in [0, 0.1) is 0 Å². The van der Waals surface area contributed by atoms with E-state index in [9.17, 15) is 14.7 Å². The molecular weight excluding hydrogens is 354 g/mol. The molecule has 2 N–H and O–H groups in total. The zero-order chi connectivity index (χ0) is 19.8. The molecule has 0 aliphatic carbocycles. The van der Waals surface area contributed by atoms with E-state index in [1.54, 1.807) is 12.1 Å². The summed E-state index contributed by atoms with van der Waals surface area (Å²) in [5, 5.41) is 12.6. The number of phenols is 1. The van der Waals surface area contributed by atoms with Gasteiger partial charge in [-0.15, -0.1) is 0 Å². The van der Waals surface area contributed by atoms with Crippen LogP contribution in [0.4, 0.5) is 0 Å². The molecule has 3 aromatic rings. The Morgan fingerprint density at radius 1 is 0.857 bits per heavy atom. The third-order valence-corrected chi connectivity index (χ3v) is 4.28. The predicted octanol–water partition coefficient (Wildman–Crippen LogP) is 3.65. The fourth-order valence-corrected chi connectivity index (χ4v) is 2.88. The van der Waals surface area contributed by atoms with Crippen LogP contribution >= 0.6 is 0 Å². The molecule has 3 rings (SSSR count). The van der Waals surface area contributed by atoms with E-state index in [1.807, 2.05) is 60.7 Å². The maximum absolute atomic E-state index is 12.4. The number of aromatic hydroxyl groups is 1. The van der Waals surface area contributed by atoms with Crippen molar-refractivity contribution in [1.29, 1.82) is 0 Å². The van der Waals surface area contributed by atoms with Crippen molar-refractivity contribution in [3.8, 4) is 5.75 Å². The number of hydrogen-bond donors (Lipinski definition) is 2. The van der Waals surface area contributed by atoms with Gasteiger partial charge in [-0.2, -0.15) is 0 Å². The van der Waals surface area contributed by atoms with Gasteiger partial charge in [-0.3, -0.25) is 4.79 Å². The van der Waals surface area contributed by atoms with Crippen molar-refractivity contribution in [3.63, 3.8) is 0 Å². The van der Waals surface area contributed by atoms with E-state index < -0.39 is 18.5 Å². The molecule has 3 aromatic carbocycles. The van der Waals surface area contributed by atoms with Gasteiger partial charge < -0.3 is 15.2 Å². The number of para-hydroxylation sites is 1. The van der Waals surface area contributed by atoms with Crippen molar-refractivity contribution >= 4 is 11.9 Å². The van der Waals surface area contributed by atoms with Crippen LogP contribution in [-0.4, -0.2) is 23.6 Å².